The lowest BCUT2D eigenvalue weighted by atomic mass is 10.1. The Morgan fingerprint density at radius 3 is 1.83 bits per heavy atom. The van der Waals surface area contributed by atoms with E-state index in [1.165, 1.54) is 48.9 Å². The van der Waals surface area contributed by atoms with Gasteiger partial charge in [0.15, 0.2) is 5.78 Å². The summed E-state index contributed by atoms with van der Waals surface area (Å²) < 4.78 is 27.5. The maximum atomic E-state index is 12.5. The Hall–Kier alpha value is -3.45. The second-order valence-electron chi connectivity index (χ2n) is 6.77. The average Bonchev–Trinajstić information content (AvgIpc) is 2.74. The van der Waals surface area contributed by atoms with Gasteiger partial charge in [-0.15, -0.1) is 0 Å². The van der Waals surface area contributed by atoms with Gasteiger partial charge in [-0.3, -0.25) is 14.3 Å². The second-order valence-corrected chi connectivity index (χ2v) is 8.45. The standard InChI is InChI=1S/C23H22N2O4S/c1-3-17-4-10-20(11-5-17)24-23(27)19-6-12-21(13-7-19)25-30(28,29)22-14-8-18(9-15-22)16(2)26/h4-15,25H,3H2,1-2H3,(H,24,27). The Balaban J connectivity index is 1.68. The minimum Gasteiger partial charge on any atom is -0.322 e. The number of nitrogens with one attached hydrogen (secondary N) is 2. The van der Waals surface area contributed by atoms with Gasteiger partial charge in [0.2, 0.25) is 0 Å². The van der Waals surface area contributed by atoms with E-state index in [0.717, 1.165) is 6.42 Å². The maximum absolute atomic E-state index is 12.5. The number of benzene rings is 3. The van der Waals surface area contributed by atoms with Gasteiger partial charge in [0.25, 0.3) is 15.9 Å². The number of rotatable bonds is 7. The van der Waals surface area contributed by atoms with Crippen molar-refractivity contribution in [2.45, 2.75) is 25.2 Å². The van der Waals surface area contributed by atoms with Crippen molar-refractivity contribution >= 4 is 33.1 Å². The molecule has 3 aromatic carbocycles. The van der Waals surface area contributed by atoms with Crippen molar-refractivity contribution in [3.63, 3.8) is 0 Å². The van der Waals surface area contributed by atoms with Crippen LogP contribution in [0.15, 0.2) is 77.7 Å². The molecular weight excluding hydrogens is 400 g/mol. The van der Waals surface area contributed by atoms with E-state index in [1.54, 1.807) is 12.1 Å². The monoisotopic (exact) mass is 422 g/mol. The molecular formula is C23H22N2O4S. The lowest BCUT2D eigenvalue weighted by Gasteiger charge is -2.10. The highest BCUT2D eigenvalue weighted by Gasteiger charge is 2.15. The predicted octanol–water partition coefficient (Wildman–Crippen LogP) is 4.50. The summed E-state index contributed by atoms with van der Waals surface area (Å²) in [6, 6.07) is 19.4. The third-order valence-corrected chi connectivity index (χ3v) is 5.99. The number of hydrogen-bond donors (Lipinski definition) is 2. The fourth-order valence-electron chi connectivity index (χ4n) is 2.80. The zero-order valence-electron chi connectivity index (χ0n) is 16.7. The first-order chi connectivity index (χ1) is 14.3. The smallest absolute Gasteiger partial charge is 0.261 e. The van der Waals surface area contributed by atoms with E-state index in [1.807, 2.05) is 24.3 Å². The lowest BCUT2D eigenvalue weighted by molar-refractivity contribution is 0.101. The predicted molar refractivity (Wildman–Crippen MR) is 117 cm³/mol. The molecule has 0 atom stereocenters. The van der Waals surface area contributed by atoms with Crippen molar-refractivity contribution < 1.29 is 18.0 Å². The van der Waals surface area contributed by atoms with E-state index in [9.17, 15) is 18.0 Å². The van der Waals surface area contributed by atoms with Crippen LogP contribution in [0.25, 0.3) is 0 Å². The molecule has 0 saturated heterocycles. The molecule has 0 radical (unpaired) electrons. The third-order valence-electron chi connectivity index (χ3n) is 4.59. The van der Waals surface area contributed by atoms with Gasteiger partial charge in [-0.1, -0.05) is 31.2 Å². The number of anilines is 2. The lowest BCUT2D eigenvalue weighted by Crippen LogP contribution is -2.14. The molecule has 0 aromatic heterocycles. The van der Waals surface area contributed by atoms with E-state index in [2.05, 4.69) is 17.0 Å². The number of hydrogen-bond acceptors (Lipinski definition) is 4. The van der Waals surface area contributed by atoms with Crippen LogP contribution in [0.2, 0.25) is 0 Å². The molecule has 0 fully saturated rings. The van der Waals surface area contributed by atoms with Crippen LogP contribution in [0.3, 0.4) is 0 Å². The highest BCUT2D eigenvalue weighted by Crippen LogP contribution is 2.18. The number of carbonyl (C=O) groups excluding carboxylic acids is 2. The van der Waals surface area contributed by atoms with Crippen molar-refractivity contribution in [2.75, 3.05) is 10.0 Å². The Morgan fingerprint density at radius 2 is 1.30 bits per heavy atom. The molecule has 30 heavy (non-hydrogen) atoms. The first-order valence-corrected chi connectivity index (χ1v) is 10.9. The van der Waals surface area contributed by atoms with Crippen LogP contribution < -0.4 is 10.0 Å². The van der Waals surface area contributed by atoms with Gasteiger partial charge in [-0.25, -0.2) is 8.42 Å². The second kappa shape index (κ2) is 8.92. The fraction of sp³-hybridized carbons (Fsp3) is 0.130. The molecule has 0 aliphatic carbocycles. The zero-order valence-corrected chi connectivity index (χ0v) is 17.5. The Kier molecular flexibility index (Phi) is 6.32. The molecule has 3 aromatic rings. The molecule has 0 aliphatic rings. The van der Waals surface area contributed by atoms with Gasteiger partial charge in [0, 0.05) is 22.5 Å². The summed E-state index contributed by atoms with van der Waals surface area (Å²) in [5, 5.41) is 2.81. The van der Waals surface area contributed by atoms with E-state index >= 15 is 0 Å². The molecule has 1 amide bonds. The molecule has 154 valence electrons. The van der Waals surface area contributed by atoms with Gasteiger partial charge < -0.3 is 5.32 Å². The molecule has 0 saturated carbocycles. The fourth-order valence-corrected chi connectivity index (χ4v) is 3.86. The van der Waals surface area contributed by atoms with Crippen LogP contribution in [-0.2, 0) is 16.4 Å². The van der Waals surface area contributed by atoms with Crippen molar-refractivity contribution in [2.24, 2.45) is 0 Å². The van der Waals surface area contributed by atoms with Crippen molar-refractivity contribution in [3.8, 4) is 0 Å². The molecule has 6 nitrogen and oxygen atoms in total. The number of carbonyl (C=O) groups is 2. The minimum atomic E-state index is -3.81. The Morgan fingerprint density at radius 1 is 0.767 bits per heavy atom. The zero-order chi connectivity index (χ0) is 21.7. The molecule has 0 bridgehead atoms. The summed E-state index contributed by atoms with van der Waals surface area (Å²) in [6.07, 6.45) is 0.923. The van der Waals surface area contributed by atoms with Crippen molar-refractivity contribution in [1.29, 1.82) is 0 Å². The van der Waals surface area contributed by atoms with Gasteiger partial charge >= 0.3 is 0 Å². The Labute approximate surface area is 176 Å². The maximum Gasteiger partial charge on any atom is 0.261 e. The summed E-state index contributed by atoms with van der Waals surface area (Å²) in [5.74, 6) is -0.421. The highest BCUT2D eigenvalue weighted by atomic mass is 32.2. The van der Waals surface area contributed by atoms with Crippen LogP contribution in [-0.4, -0.2) is 20.1 Å². The summed E-state index contributed by atoms with van der Waals surface area (Å²) in [4.78, 5) is 23.8. The van der Waals surface area contributed by atoms with Gasteiger partial charge in [0.05, 0.1) is 4.90 Å². The molecule has 0 unspecified atom stereocenters. The molecule has 2 N–H and O–H groups in total. The SMILES string of the molecule is CCc1ccc(NC(=O)c2ccc(NS(=O)(=O)c3ccc(C(C)=O)cc3)cc2)cc1. The topological polar surface area (TPSA) is 92.3 Å². The largest absolute Gasteiger partial charge is 0.322 e. The van der Waals surface area contributed by atoms with E-state index in [4.69, 9.17) is 0 Å². The van der Waals surface area contributed by atoms with Crippen LogP contribution in [0, 0.1) is 0 Å². The number of ketones is 1. The first kappa shape index (κ1) is 21.3. The number of sulfonamides is 1. The van der Waals surface area contributed by atoms with E-state index < -0.39 is 10.0 Å². The first-order valence-electron chi connectivity index (χ1n) is 9.42. The van der Waals surface area contributed by atoms with Crippen LogP contribution >= 0.6 is 0 Å². The number of amides is 1. The number of Topliss-reactive ketones (excluding diaryl/α,β-unsaturated/α-hetero) is 1. The third kappa shape index (κ3) is 5.12. The molecule has 0 heterocycles. The summed E-state index contributed by atoms with van der Waals surface area (Å²) in [6.45, 7) is 3.48. The highest BCUT2D eigenvalue weighted by molar-refractivity contribution is 7.92. The van der Waals surface area contributed by atoms with E-state index in [-0.39, 0.29) is 16.6 Å². The molecule has 3 rings (SSSR count). The molecule has 0 aliphatic heterocycles. The average molecular weight is 423 g/mol. The number of aryl methyl sites for hydroxylation is 1. The van der Waals surface area contributed by atoms with Crippen LogP contribution in [0.4, 0.5) is 11.4 Å². The Bertz CT molecular complexity index is 1150. The normalized spacial score (nSPS) is 11.0. The molecule has 7 heteroatoms. The molecule has 0 spiro atoms. The summed E-state index contributed by atoms with van der Waals surface area (Å²) in [5.41, 5.74) is 3.04. The van der Waals surface area contributed by atoms with E-state index in [0.29, 0.717) is 22.5 Å². The van der Waals surface area contributed by atoms with Gasteiger partial charge in [-0.2, -0.15) is 0 Å². The van der Waals surface area contributed by atoms with Gasteiger partial charge in [-0.05, 0) is 67.4 Å². The van der Waals surface area contributed by atoms with Crippen LogP contribution in [0.5, 0.6) is 0 Å². The minimum absolute atomic E-state index is 0.0462. The van der Waals surface area contributed by atoms with Crippen LogP contribution in [0.1, 0.15) is 40.1 Å². The summed E-state index contributed by atoms with van der Waals surface area (Å²) in [7, 11) is -3.81. The van der Waals surface area contributed by atoms with Crippen molar-refractivity contribution in [3.05, 3.63) is 89.5 Å². The van der Waals surface area contributed by atoms with Crippen molar-refractivity contribution in [1.82, 2.24) is 0 Å². The summed E-state index contributed by atoms with van der Waals surface area (Å²) >= 11 is 0. The quantitative estimate of drug-likeness (QED) is 0.548. The van der Waals surface area contributed by atoms with Gasteiger partial charge in [0.1, 0.15) is 0 Å².